The molecule has 1 aromatic heterocycles. The van der Waals surface area contributed by atoms with Crippen LogP contribution >= 0.6 is 23.4 Å². The SMILES string of the molecule is Cc1cc(OCc2nc(SCCOc3ccccc3F)n[nH]2)ccc1Cl. The van der Waals surface area contributed by atoms with Crippen LogP contribution in [0.25, 0.3) is 0 Å². The first-order valence-corrected chi connectivity index (χ1v) is 9.28. The number of hydrogen-bond donors (Lipinski definition) is 1. The number of aromatic nitrogens is 3. The molecule has 0 amide bonds. The van der Waals surface area contributed by atoms with Crippen LogP contribution in [0.4, 0.5) is 4.39 Å². The van der Waals surface area contributed by atoms with E-state index in [0.717, 1.165) is 11.3 Å². The molecule has 0 aliphatic carbocycles. The Kier molecular flexibility index (Phi) is 6.35. The number of aryl methyl sites for hydroxylation is 1. The van der Waals surface area contributed by atoms with E-state index < -0.39 is 0 Å². The quantitative estimate of drug-likeness (QED) is 0.445. The lowest BCUT2D eigenvalue weighted by atomic mass is 10.2. The lowest BCUT2D eigenvalue weighted by molar-refractivity contribution is 0.296. The molecule has 0 atom stereocenters. The van der Waals surface area contributed by atoms with E-state index in [2.05, 4.69) is 15.2 Å². The zero-order valence-electron chi connectivity index (χ0n) is 14.0. The van der Waals surface area contributed by atoms with E-state index in [0.29, 0.717) is 28.4 Å². The zero-order chi connectivity index (χ0) is 18.4. The Hall–Kier alpha value is -2.25. The summed E-state index contributed by atoms with van der Waals surface area (Å²) in [4.78, 5) is 4.34. The van der Waals surface area contributed by atoms with Crippen LogP contribution in [-0.2, 0) is 6.61 Å². The molecule has 0 aliphatic heterocycles. The smallest absolute Gasteiger partial charge is 0.208 e. The molecule has 0 spiro atoms. The van der Waals surface area contributed by atoms with E-state index in [1.54, 1.807) is 30.3 Å². The molecule has 0 fully saturated rings. The number of hydrogen-bond acceptors (Lipinski definition) is 5. The van der Waals surface area contributed by atoms with Crippen molar-refractivity contribution < 1.29 is 13.9 Å². The molecule has 1 heterocycles. The van der Waals surface area contributed by atoms with Crippen LogP contribution in [0, 0.1) is 12.7 Å². The first-order chi connectivity index (χ1) is 12.6. The fourth-order valence-electron chi connectivity index (χ4n) is 2.11. The number of nitrogens with zero attached hydrogens (tertiary/aromatic N) is 2. The molecular weight excluding hydrogens is 377 g/mol. The second-order valence-electron chi connectivity index (χ2n) is 5.39. The summed E-state index contributed by atoms with van der Waals surface area (Å²) in [6, 6.07) is 11.8. The Morgan fingerprint density at radius 3 is 2.85 bits per heavy atom. The third-order valence-electron chi connectivity index (χ3n) is 3.42. The van der Waals surface area contributed by atoms with Gasteiger partial charge in [-0.05, 0) is 42.8 Å². The van der Waals surface area contributed by atoms with Crippen LogP contribution in [0.1, 0.15) is 11.4 Å². The average molecular weight is 394 g/mol. The van der Waals surface area contributed by atoms with Gasteiger partial charge in [0.25, 0.3) is 0 Å². The van der Waals surface area contributed by atoms with Crippen LogP contribution < -0.4 is 9.47 Å². The largest absolute Gasteiger partial charge is 0.490 e. The molecule has 5 nitrogen and oxygen atoms in total. The third-order valence-corrected chi connectivity index (χ3v) is 4.66. The second kappa shape index (κ2) is 8.91. The highest BCUT2D eigenvalue weighted by molar-refractivity contribution is 7.99. The van der Waals surface area contributed by atoms with Crippen molar-refractivity contribution in [1.82, 2.24) is 15.2 Å². The van der Waals surface area contributed by atoms with E-state index in [-0.39, 0.29) is 18.2 Å². The summed E-state index contributed by atoms with van der Waals surface area (Å²) >= 11 is 7.41. The van der Waals surface area contributed by atoms with Crippen molar-refractivity contribution in [3.05, 3.63) is 64.7 Å². The number of thioether (sulfide) groups is 1. The van der Waals surface area contributed by atoms with Crippen LogP contribution in [-0.4, -0.2) is 27.5 Å². The van der Waals surface area contributed by atoms with E-state index in [9.17, 15) is 4.39 Å². The summed E-state index contributed by atoms with van der Waals surface area (Å²) in [5.41, 5.74) is 0.952. The molecule has 0 bridgehead atoms. The Morgan fingerprint density at radius 2 is 2.04 bits per heavy atom. The molecule has 0 unspecified atom stereocenters. The normalized spacial score (nSPS) is 10.7. The van der Waals surface area contributed by atoms with Gasteiger partial charge < -0.3 is 9.47 Å². The minimum absolute atomic E-state index is 0.246. The van der Waals surface area contributed by atoms with Gasteiger partial charge in [-0.25, -0.2) is 9.37 Å². The number of para-hydroxylation sites is 1. The monoisotopic (exact) mass is 393 g/mol. The number of aromatic amines is 1. The van der Waals surface area contributed by atoms with Gasteiger partial charge in [-0.2, -0.15) is 0 Å². The van der Waals surface area contributed by atoms with Gasteiger partial charge in [0.1, 0.15) is 12.4 Å². The molecule has 0 saturated heterocycles. The van der Waals surface area contributed by atoms with Gasteiger partial charge in [0.2, 0.25) is 5.16 Å². The van der Waals surface area contributed by atoms with Crippen molar-refractivity contribution in [1.29, 1.82) is 0 Å². The minimum atomic E-state index is -0.368. The number of benzene rings is 2. The van der Waals surface area contributed by atoms with Gasteiger partial charge in [0.05, 0.1) is 6.61 Å². The maximum atomic E-state index is 13.4. The van der Waals surface area contributed by atoms with Crippen LogP contribution in [0.15, 0.2) is 47.6 Å². The van der Waals surface area contributed by atoms with Crippen LogP contribution in [0.5, 0.6) is 11.5 Å². The zero-order valence-corrected chi connectivity index (χ0v) is 15.6. The maximum absolute atomic E-state index is 13.4. The molecule has 26 heavy (non-hydrogen) atoms. The van der Waals surface area contributed by atoms with Crippen molar-refractivity contribution >= 4 is 23.4 Å². The Balaban J connectivity index is 1.43. The van der Waals surface area contributed by atoms with E-state index in [4.69, 9.17) is 21.1 Å². The second-order valence-corrected chi connectivity index (χ2v) is 6.86. The number of H-pyrrole nitrogens is 1. The summed E-state index contributed by atoms with van der Waals surface area (Å²) in [6.07, 6.45) is 0. The summed E-state index contributed by atoms with van der Waals surface area (Å²) in [6.45, 7) is 2.55. The maximum Gasteiger partial charge on any atom is 0.208 e. The molecule has 3 rings (SSSR count). The highest BCUT2D eigenvalue weighted by atomic mass is 35.5. The molecule has 3 aromatic rings. The number of nitrogens with one attached hydrogen (secondary N) is 1. The lowest BCUT2D eigenvalue weighted by Crippen LogP contribution is -2.01. The van der Waals surface area contributed by atoms with Gasteiger partial charge in [0, 0.05) is 10.8 Å². The Labute approximate surface area is 159 Å². The third kappa shape index (κ3) is 5.12. The molecule has 2 aromatic carbocycles. The first kappa shape index (κ1) is 18.5. The average Bonchev–Trinajstić information content (AvgIpc) is 3.09. The van der Waals surface area contributed by atoms with Gasteiger partial charge in [-0.3, -0.25) is 5.10 Å². The standard InChI is InChI=1S/C18H17ClFN3O2S/c1-12-10-13(6-7-14(12)19)25-11-17-21-18(23-22-17)26-9-8-24-16-5-3-2-4-15(16)20/h2-7,10H,8-9,11H2,1H3,(H,21,22,23). The number of rotatable bonds is 8. The van der Waals surface area contributed by atoms with Gasteiger partial charge in [-0.15, -0.1) is 5.10 Å². The fraction of sp³-hybridized carbons (Fsp3) is 0.222. The summed E-state index contributed by atoms with van der Waals surface area (Å²) in [5, 5.41) is 8.25. The van der Waals surface area contributed by atoms with Crippen molar-refractivity contribution in [2.45, 2.75) is 18.7 Å². The minimum Gasteiger partial charge on any atom is -0.490 e. The summed E-state index contributed by atoms with van der Waals surface area (Å²) in [5.74, 6) is 1.82. The number of halogens is 2. The van der Waals surface area contributed by atoms with E-state index in [1.807, 2.05) is 13.0 Å². The van der Waals surface area contributed by atoms with Gasteiger partial charge in [-0.1, -0.05) is 35.5 Å². The Morgan fingerprint density at radius 1 is 1.19 bits per heavy atom. The molecule has 8 heteroatoms. The van der Waals surface area contributed by atoms with Crippen LogP contribution in [0.2, 0.25) is 5.02 Å². The molecule has 136 valence electrons. The van der Waals surface area contributed by atoms with Crippen LogP contribution in [0.3, 0.4) is 0 Å². The summed E-state index contributed by atoms with van der Waals surface area (Å²) in [7, 11) is 0. The van der Waals surface area contributed by atoms with Gasteiger partial charge >= 0.3 is 0 Å². The molecular formula is C18H17ClFN3O2S. The predicted octanol–water partition coefficient (Wildman–Crippen LogP) is 4.66. The highest BCUT2D eigenvalue weighted by Gasteiger charge is 2.07. The predicted molar refractivity (Wildman–Crippen MR) is 99.5 cm³/mol. The molecule has 1 N–H and O–H groups in total. The molecule has 0 saturated carbocycles. The van der Waals surface area contributed by atoms with Crippen molar-refractivity contribution in [3.63, 3.8) is 0 Å². The van der Waals surface area contributed by atoms with E-state index in [1.165, 1.54) is 17.8 Å². The van der Waals surface area contributed by atoms with Crippen molar-refractivity contribution in [3.8, 4) is 11.5 Å². The topological polar surface area (TPSA) is 60.0 Å². The number of ether oxygens (including phenoxy) is 2. The fourth-order valence-corrected chi connectivity index (χ4v) is 2.86. The Bertz CT molecular complexity index is 875. The highest BCUT2D eigenvalue weighted by Crippen LogP contribution is 2.22. The van der Waals surface area contributed by atoms with E-state index >= 15 is 0 Å². The van der Waals surface area contributed by atoms with Crippen molar-refractivity contribution in [2.75, 3.05) is 12.4 Å². The first-order valence-electron chi connectivity index (χ1n) is 7.92. The van der Waals surface area contributed by atoms with Crippen molar-refractivity contribution in [2.24, 2.45) is 0 Å². The molecule has 0 aliphatic rings. The molecule has 0 radical (unpaired) electrons. The summed E-state index contributed by atoms with van der Waals surface area (Å²) < 4.78 is 24.5. The van der Waals surface area contributed by atoms with Gasteiger partial charge in [0.15, 0.2) is 17.4 Å². The lowest BCUT2D eigenvalue weighted by Gasteiger charge is -2.06.